The number of hydrogen-bond acceptors (Lipinski definition) is 2. The predicted molar refractivity (Wildman–Crippen MR) is 122 cm³/mol. The molecule has 0 unspecified atom stereocenters. The molecule has 2 nitrogen and oxygen atoms in total. The minimum Gasteiger partial charge on any atom is -0.289 e. The van der Waals surface area contributed by atoms with Crippen molar-refractivity contribution in [2.45, 2.75) is 13.8 Å². The molecule has 0 bridgehead atoms. The maximum absolute atomic E-state index is 13.4. The van der Waals surface area contributed by atoms with Gasteiger partial charge in [0.2, 0.25) is 0 Å². The van der Waals surface area contributed by atoms with Crippen molar-refractivity contribution in [3.05, 3.63) is 106 Å². The molecule has 0 radical (unpaired) electrons. The summed E-state index contributed by atoms with van der Waals surface area (Å²) in [5.74, 6) is -0.138. The van der Waals surface area contributed by atoms with Crippen molar-refractivity contribution in [1.29, 1.82) is 0 Å². The summed E-state index contributed by atoms with van der Waals surface area (Å²) in [4.78, 5) is 26.6. The van der Waals surface area contributed by atoms with E-state index in [1.807, 2.05) is 37.3 Å². The number of aryl methyl sites for hydroxylation is 2. The first-order valence-electron chi connectivity index (χ1n) is 10.1. The monoisotopic (exact) mass is 386 g/mol. The van der Waals surface area contributed by atoms with Crippen LogP contribution in [0.5, 0.6) is 0 Å². The summed E-state index contributed by atoms with van der Waals surface area (Å²) in [5, 5.41) is 6.45. The van der Waals surface area contributed by atoms with Gasteiger partial charge in [0, 0.05) is 22.3 Å². The lowest BCUT2D eigenvalue weighted by molar-refractivity contribution is 0.0980. The van der Waals surface area contributed by atoms with Gasteiger partial charge in [-0.25, -0.2) is 0 Å². The van der Waals surface area contributed by atoms with E-state index in [1.54, 1.807) is 6.07 Å². The summed E-state index contributed by atoms with van der Waals surface area (Å²) >= 11 is 0. The second kappa shape index (κ2) is 5.87. The molecule has 5 aromatic rings. The fraction of sp³-hybridized carbons (Fsp3) is 0.0714. The highest BCUT2D eigenvalue weighted by atomic mass is 16.1. The highest BCUT2D eigenvalue weighted by Crippen LogP contribution is 2.37. The first kappa shape index (κ1) is 17.1. The van der Waals surface area contributed by atoms with Gasteiger partial charge in [0.05, 0.1) is 0 Å². The molecule has 142 valence electrons. The molecule has 1 aliphatic carbocycles. The van der Waals surface area contributed by atoms with Crippen LogP contribution in [0, 0.1) is 13.8 Å². The van der Waals surface area contributed by atoms with Gasteiger partial charge in [0.15, 0.2) is 11.6 Å². The van der Waals surface area contributed by atoms with E-state index < -0.39 is 0 Å². The van der Waals surface area contributed by atoms with Crippen LogP contribution in [-0.4, -0.2) is 11.6 Å². The molecule has 0 spiro atoms. The Bertz CT molecular complexity index is 1590. The highest BCUT2D eigenvalue weighted by Gasteiger charge is 2.31. The molecule has 0 heterocycles. The van der Waals surface area contributed by atoms with Gasteiger partial charge in [-0.2, -0.15) is 0 Å². The molecular formula is C28H18O2. The van der Waals surface area contributed by atoms with Crippen molar-refractivity contribution in [1.82, 2.24) is 0 Å². The number of ketones is 2. The van der Waals surface area contributed by atoms with Crippen LogP contribution in [0.25, 0.3) is 32.3 Å². The van der Waals surface area contributed by atoms with E-state index >= 15 is 0 Å². The third-order valence-corrected chi connectivity index (χ3v) is 6.27. The molecule has 0 amide bonds. The van der Waals surface area contributed by atoms with Crippen molar-refractivity contribution < 1.29 is 9.59 Å². The van der Waals surface area contributed by atoms with E-state index in [1.165, 1.54) is 16.3 Å². The van der Waals surface area contributed by atoms with E-state index in [9.17, 15) is 9.59 Å². The van der Waals surface area contributed by atoms with E-state index in [-0.39, 0.29) is 11.6 Å². The van der Waals surface area contributed by atoms with Crippen molar-refractivity contribution >= 4 is 43.9 Å². The summed E-state index contributed by atoms with van der Waals surface area (Å²) in [5.41, 5.74) is 4.23. The third-order valence-electron chi connectivity index (χ3n) is 6.27. The lowest BCUT2D eigenvalue weighted by Crippen LogP contribution is -2.21. The molecule has 5 aromatic carbocycles. The molecule has 30 heavy (non-hydrogen) atoms. The zero-order valence-corrected chi connectivity index (χ0v) is 16.7. The Morgan fingerprint density at radius 2 is 1.17 bits per heavy atom. The van der Waals surface area contributed by atoms with Crippen LogP contribution in [0.1, 0.15) is 43.0 Å². The van der Waals surface area contributed by atoms with Gasteiger partial charge < -0.3 is 0 Å². The Morgan fingerprint density at radius 3 is 2.03 bits per heavy atom. The molecule has 1 aliphatic rings. The normalized spacial score (nSPS) is 13.1. The van der Waals surface area contributed by atoms with Crippen LogP contribution in [0.15, 0.2) is 72.8 Å². The fourth-order valence-electron chi connectivity index (χ4n) is 4.76. The second-order valence-corrected chi connectivity index (χ2v) is 8.28. The standard InChI is InChI=1S/C28H18O2/c1-15-3-5-17-13-18-6-8-21-20(24(18)14-19(17)11-15)9-10-23-26(21)28(30)22-7-4-16(2)12-25(22)27(23)29/h3-14H,1-2H3. The molecule has 0 saturated carbocycles. The van der Waals surface area contributed by atoms with Gasteiger partial charge in [0.1, 0.15) is 0 Å². The number of carbonyl (C=O) groups is 2. The Labute approximate surface area is 173 Å². The topological polar surface area (TPSA) is 34.1 Å². The minimum absolute atomic E-state index is 0.0683. The van der Waals surface area contributed by atoms with Crippen LogP contribution in [0.3, 0.4) is 0 Å². The maximum atomic E-state index is 13.4. The van der Waals surface area contributed by atoms with Gasteiger partial charge in [0.25, 0.3) is 0 Å². The molecule has 0 aliphatic heterocycles. The van der Waals surface area contributed by atoms with E-state index in [0.29, 0.717) is 22.3 Å². The smallest absolute Gasteiger partial charge is 0.195 e. The Hall–Kier alpha value is -3.78. The van der Waals surface area contributed by atoms with Gasteiger partial charge in [-0.05, 0) is 70.4 Å². The summed E-state index contributed by atoms with van der Waals surface area (Å²) in [7, 11) is 0. The molecule has 0 fully saturated rings. The SMILES string of the molecule is Cc1ccc2c(c1)C(=O)c1ccc3c(ccc4cc5ccc(C)cc5cc43)c1C2=O. The van der Waals surface area contributed by atoms with Crippen LogP contribution >= 0.6 is 0 Å². The molecule has 0 atom stereocenters. The van der Waals surface area contributed by atoms with Gasteiger partial charge in [-0.1, -0.05) is 59.7 Å². The van der Waals surface area contributed by atoms with Gasteiger partial charge >= 0.3 is 0 Å². The van der Waals surface area contributed by atoms with E-state index in [2.05, 4.69) is 43.3 Å². The summed E-state index contributed by atoms with van der Waals surface area (Å²) in [6, 6.07) is 24.2. The van der Waals surface area contributed by atoms with Crippen molar-refractivity contribution in [3.63, 3.8) is 0 Å². The number of carbonyl (C=O) groups excluding carboxylic acids is 2. The Balaban J connectivity index is 1.70. The average molecular weight is 386 g/mol. The van der Waals surface area contributed by atoms with Gasteiger partial charge in [-0.3, -0.25) is 9.59 Å². The number of benzene rings is 5. The molecule has 0 saturated heterocycles. The lowest BCUT2D eigenvalue weighted by Gasteiger charge is -2.20. The second-order valence-electron chi connectivity index (χ2n) is 8.28. The molecular weight excluding hydrogens is 368 g/mol. The molecule has 0 N–H and O–H groups in total. The van der Waals surface area contributed by atoms with Crippen molar-refractivity contribution in [2.24, 2.45) is 0 Å². The van der Waals surface area contributed by atoms with Gasteiger partial charge in [-0.15, -0.1) is 0 Å². The Morgan fingerprint density at radius 1 is 0.467 bits per heavy atom. The number of rotatable bonds is 0. The first-order chi connectivity index (χ1) is 14.5. The summed E-state index contributed by atoms with van der Waals surface area (Å²) in [6.45, 7) is 4.03. The minimum atomic E-state index is -0.0700. The molecule has 6 rings (SSSR count). The van der Waals surface area contributed by atoms with Crippen molar-refractivity contribution in [2.75, 3.05) is 0 Å². The van der Waals surface area contributed by atoms with Crippen LogP contribution < -0.4 is 0 Å². The molecule has 2 heteroatoms. The molecule has 0 aromatic heterocycles. The average Bonchev–Trinajstić information content (AvgIpc) is 2.75. The first-order valence-corrected chi connectivity index (χ1v) is 10.1. The van der Waals surface area contributed by atoms with Crippen LogP contribution in [0.2, 0.25) is 0 Å². The summed E-state index contributed by atoms with van der Waals surface area (Å²) < 4.78 is 0. The number of fused-ring (bicyclic) bond motifs is 7. The van der Waals surface area contributed by atoms with Crippen LogP contribution in [-0.2, 0) is 0 Å². The zero-order chi connectivity index (χ0) is 20.6. The maximum Gasteiger partial charge on any atom is 0.195 e. The van der Waals surface area contributed by atoms with E-state index in [4.69, 9.17) is 0 Å². The van der Waals surface area contributed by atoms with E-state index in [0.717, 1.165) is 27.1 Å². The third kappa shape index (κ3) is 2.25. The Kier molecular flexibility index (Phi) is 3.35. The van der Waals surface area contributed by atoms with Crippen LogP contribution in [0.4, 0.5) is 0 Å². The predicted octanol–water partition coefficient (Wildman–Crippen LogP) is 6.54. The fourth-order valence-corrected chi connectivity index (χ4v) is 4.76. The highest BCUT2D eigenvalue weighted by molar-refractivity contribution is 6.33. The number of hydrogen-bond donors (Lipinski definition) is 0. The lowest BCUT2D eigenvalue weighted by atomic mass is 9.80. The zero-order valence-electron chi connectivity index (χ0n) is 16.7. The quantitative estimate of drug-likeness (QED) is 0.219. The largest absolute Gasteiger partial charge is 0.289 e. The van der Waals surface area contributed by atoms with Crippen molar-refractivity contribution in [3.8, 4) is 0 Å². The summed E-state index contributed by atoms with van der Waals surface area (Å²) in [6.07, 6.45) is 0.